The van der Waals surface area contributed by atoms with Gasteiger partial charge < -0.3 is 5.32 Å². The Morgan fingerprint density at radius 1 is 1.16 bits per heavy atom. The number of thioether (sulfide) groups is 1. The zero-order valence-electron chi connectivity index (χ0n) is 13.1. The molecule has 3 rings (SSSR count). The molecular formula is C18H14ClN3O2S. The molecule has 5 nitrogen and oxygen atoms in total. The van der Waals surface area contributed by atoms with E-state index in [1.807, 2.05) is 30.3 Å². The number of benzene rings is 2. The molecule has 1 saturated heterocycles. The number of Topliss-reactive ketones (excluding diaryl/α,β-unsaturated/α-hetero) is 1. The Balaban J connectivity index is 1.60. The van der Waals surface area contributed by atoms with Crippen molar-refractivity contribution in [3.05, 3.63) is 70.7 Å². The van der Waals surface area contributed by atoms with Crippen LogP contribution in [-0.2, 0) is 4.79 Å². The van der Waals surface area contributed by atoms with Crippen LogP contribution in [0.2, 0.25) is 5.02 Å². The number of hydrogen-bond acceptors (Lipinski definition) is 5. The molecule has 1 atom stereocenters. The molecule has 0 aromatic heterocycles. The highest BCUT2D eigenvalue weighted by Crippen LogP contribution is 2.24. The van der Waals surface area contributed by atoms with E-state index < -0.39 is 5.25 Å². The normalized spacial score (nSPS) is 18.7. The van der Waals surface area contributed by atoms with Crippen LogP contribution < -0.4 is 5.32 Å². The fourth-order valence-electron chi connectivity index (χ4n) is 2.20. The number of carbonyl (C=O) groups is 2. The van der Waals surface area contributed by atoms with Crippen molar-refractivity contribution in [2.45, 2.75) is 11.7 Å². The van der Waals surface area contributed by atoms with Gasteiger partial charge in [-0.25, -0.2) is 0 Å². The standard InChI is InChI=1S/C18H14ClN3O2S/c19-14-8-6-13(7-9-14)15(23)10-16-17(24)21-18(25-16)22-20-11-12-4-2-1-3-5-12/h1-9,11,16H,10H2,(H,21,22,24). The van der Waals surface area contributed by atoms with Gasteiger partial charge in [0.25, 0.3) is 0 Å². The quantitative estimate of drug-likeness (QED) is 0.496. The van der Waals surface area contributed by atoms with Gasteiger partial charge in [-0.3, -0.25) is 9.59 Å². The van der Waals surface area contributed by atoms with Crippen LogP contribution in [0.4, 0.5) is 0 Å². The smallest absolute Gasteiger partial charge is 0.240 e. The second-order valence-electron chi connectivity index (χ2n) is 5.29. The molecule has 0 bridgehead atoms. The number of hydrogen-bond donors (Lipinski definition) is 1. The summed E-state index contributed by atoms with van der Waals surface area (Å²) >= 11 is 7.02. The molecule has 1 fully saturated rings. The van der Waals surface area contributed by atoms with Crippen molar-refractivity contribution < 1.29 is 9.59 Å². The fourth-order valence-corrected chi connectivity index (χ4v) is 3.25. The van der Waals surface area contributed by atoms with E-state index in [0.29, 0.717) is 15.8 Å². The lowest BCUT2D eigenvalue weighted by molar-refractivity contribution is -0.118. The van der Waals surface area contributed by atoms with Gasteiger partial charge in [0, 0.05) is 17.0 Å². The van der Waals surface area contributed by atoms with E-state index in [2.05, 4.69) is 15.5 Å². The maximum absolute atomic E-state index is 12.3. The maximum Gasteiger partial charge on any atom is 0.240 e. The van der Waals surface area contributed by atoms with Gasteiger partial charge in [-0.2, -0.15) is 5.10 Å². The lowest BCUT2D eigenvalue weighted by Crippen LogP contribution is -2.26. The van der Waals surface area contributed by atoms with Crippen LogP contribution in [0.25, 0.3) is 0 Å². The third-order valence-electron chi connectivity index (χ3n) is 3.47. The number of nitrogens with one attached hydrogen (secondary N) is 1. The lowest BCUT2D eigenvalue weighted by Gasteiger charge is -2.04. The third-order valence-corrected chi connectivity index (χ3v) is 4.79. The summed E-state index contributed by atoms with van der Waals surface area (Å²) in [6.07, 6.45) is 1.70. The van der Waals surface area contributed by atoms with E-state index in [1.165, 1.54) is 11.8 Å². The molecule has 0 radical (unpaired) electrons. The summed E-state index contributed by atoms with van der Waals surface area (Å²) < 4.78 is 0. The van der Waals surface area contributed by atoms with Crippen molar-refractivity contribution in [1.82, 2.24) is 5.32 Å². The number of rotatable bonds is 5. The Kier molecular flexibility index (Phi) is 5.63. The van der Waals surface area contributed by atoms with E-state index in [1.54, 1.807) is 30.5 Å². The first kappa shape index (κ1) is 17.4. The molecule has 1 amide bonds. The molecule has 126 valence electrons. The summed E-state index contributed by atoms with van der Waals surface area (Å²) in [6, 6.07) is 16.1. The van der Waals surface area contributed by atoms with E-state index in [0.717, 1.165) is 5.56 Å². The Labute approximate surface area is 154 Å². The molecule has 0 saturated carbocycles. The number of amides is 1. The topological polar surface area (TPSA) is 70.9 Å². The molecule has 1 unspecified atom stereocenters. The summed E-state index contributed by atoms with van der Waals surface area (Å²) in [5.41, 5.74) is 1.45. The lowest BCUT2D eigenvalue weighted by atomic mass is 10.1. The van der Waals surface area contributed by atoms with Crippen molar-refractivity contribution in [2.75, 3.05) is 0 Å². The molecule has 1 aliphatic rings. The highest BCUT2D eigenvalue weighted by Gasteiger charge is 2.32. The zero-order valence-corrected chi connectivity index (χ0v) is 14.6. The molecule has 25 heavy (non-hydrogen) atoms. The average Bonchev–Trinajstić information content (AvgIpc) is 2.96. The third kappa shape index (κ3) is 4.78. The number of ketones is 1. The first-order valence-corrected chi connectivity index (χ1v) is 8.80. The van der Waals surface area contributed by atoms with E-state index >= 15 is 0 Å². The molecular weight excluding hydrogens is 358 g/mol. The minimum atomic E-state index is -0.506. The van der Waals surface area contributed by atoms with Crippen LogP contribution in [0.1, 0.15) is 22.3 Å². The Hall–Kier alpha value is -2.44. The highest BCUT2D eigenvalue weighted by molar-refractivity contribution is 8.15. The molecule has 2 aromatic carbocycles. The molecule has 0 spiro atoms. The maximum atomic E-state index is 12.3. The van der Waals surface area contributed by atoms with E-state index in [-0.39, 0.29) is 18.1 Å². The van der Waals surface area contributed by atoms with Gasteiger partial charge >= 0.3 is 0 Å². The average molecular weight is 372 g/mol. The van der Waals surface area contributed by atoms with E-state index in [9.17, 15) is 9.59 Å². The number of halogens is 1. The Morgan fingerprint density at radius 2 is 1.88 bits per heavy atom. The molecule has 1 heterocycles. The van der Waals surface area contributed by atoms with Gasteiger partial charge in [-0.05, 0) is 29.8 Å². The minimum Gasteiger partial charge on any atom is -0.303 e. The second-order valence-corrected chi connectivity index (χ2v) is 6.92. The van der Waals surface area contributed by atoms with Crippen molar-refractivity contribution in [2.24, 2.45) is 10.2 Å². The first-order valence-electron chi connectivity index (χ1n) is 7.54. The van der Waals surface area contributed by atoms with Crippen LogP contribution in [0.5, 0.6) is 0 Å². The summed E-state index contributed by atoms with van der Waals surface area (Å²) in [5, 5.41) is 11.1. The molecule has 1 aliphatic heterocycles. The van der Waals surface area contributed by atoms with E-state index in [4.69, 9.17) is 11.6 Å². The van der Waals surface area contributed by atoms with Crippen molar-refractivity contribution >= 4 is 46.4 Å². The Bertz CT molecular complexity index is 835. The summed E-state index contributed by atoms with van der Waals surface area (Å²) in [7, 11) is 0. The molecule has 7 heteroatoms. The SMILES string of the molecule is O=C(CC1SC(=NN=Cc2ccccc2)NC1=O)c1ccc(Cl)cc1. The minimum absolute atomic E-state index is 0.0968. The highest BCUT2D eigenvalue weighted by atomic mass is 35.5. The van der Waals surface area contributed by atoms with Gasteiger partial charge in [-0.1, -0.05) is 53.7 Å². The van der Waals surface area contributed by atoms with Crippen LogP contribution in [-0.4, -0.2) is 28.3 Å². The number of nitrogens with zero attached hydrogens (tertiary/aromatic N) is 2. The van der Waals surface area contributed by atoms with Gasteiger partial charge in [-0.15, -0.1) is 5.10 Å². The van der Waals surface area contributed by atoms with Crippen LogP contribution in [0, 0.1) is 0 Å². The monoisotopic (exact) mass is 371 g/mol. The fraction of sp³-hybridized carbons (Fsp3) is 0.111. The zero-order chi connectivity index (χ0) is 17.6. The number of amidine groups is 1. The Morgan fingerprint density at radius 3 is 2.60 bits per heavy atom. The van der Waals surface area contributed by atoms with Crippen molar-refractivity contribution in [3.8, 4) is 0 Å². The predicted octanol–water partition coefficient (Wildman–Crippen LogP) is 3.53. The van der Waals surface area contributed by atoms with Crippen LogP contribution in [0.15, 0.2) is 64.8 Å². The second kappa shape index (κ2) is 8.09. The van der Waals surface area contributed by atoms with Gasteiger partial charge in [0.1, 0.15) is 0 Å². The molecule has 2 aromatic rings. The molecule has 1 N–H and O–H groups in total. The summed E-state index contributed by atoms with van der Waals surface area (Å²) in [5.74, 6) is -0.348. The van der Waals surface area contributed by atoms with Crippen molar-refractivity contribution in [1.29, 1.82) is 0 Å². The predicted molar refractivity (Wildman–Crippen MR) is 101 cm³/mol. The summed E-state index contributed by atoms with van der Waals surface area (Å²) in [4.78, 5) is 24.3. The van der Waals surface area contributed by atoms with Gasteiger partial charge in [0.05, 0.1) is 11.5 Å². The first-order chi connectivity index (χ1) is 12.1. The number of carbonyl (C=O) groups excluding carboxylic acids is 2. The summed E-state index contributed by atoms with van der Waals surface area (Å²) in [6.45, 7) is 0. The van der Waals surface area contributed by atoms with Crippen LogP contribution in [0.3, 0.4) is 0 Å². The molecule has 0 aliphatic carbocycles. The van der Waals surface area contributed by atoms with Gasteiger partial charge in [0.15, 0.2) is 11.0 Å². The van der Waals surface area contributed by atoms with Crippen molar-refractivity contribution in [3.63, 3.8) is 0 Å². The van der Waals surface area contributed by atoms with Crippen LogP contribution >= 0.6 is 23.4 Å². The largest absolute Gasteiger partial charge is 0.303 e. The van der Waals surface area contributed by atoms with Gasteiger partial charge in [0.2, 0.25) is 5.91 Å².